The van der Waals surface area contributed by atoms with Gasteiger partial charge in [0.05, 0.1) is 0 Å². The van der Waals surface area contributed by atoms with Crippen molar-refractivity contribution in [3.05, 3.63) is 16.4 Å². The van der Waals surface area contributed by atoms with E-state index in [1.165, 1.54) is 11.8 Å². The van der Waals surface area contributed by atoms with Crippen molar-refractivity contribution in [2.75, 3.05) is 0 Å². The molecule has 0 fully saturated rings. The first-order valence-corrected chi connectivity index (χ1v) is 7.08. The summed E-state index contributed by atoms with van der Waals surface area (Å²) in [5.41, 5.74) is -1.47. The molecule has 112 valence electrons. The minimum atomic E-state index is -4.54. The number of hydrogen-bond donors (Lipinski definition) is 1. The van der Waals surface area contributed by atoms with Crippen molar-refractivity contribution in [3.63, 3.8) is 0 Å². The molecule has 0 aliphatic carbocycles. The van der Waals surface area contributed by atoms with Gasteiger partial charge in [0, 0.05) is 17.2 Å². The van der Waals surface area contributed by atoms with Gasteiger partial charge in [0.15, 0.2) is 5.69 Å². The Morgan fingerprint density at radius 1 is 1.45 bits per heavy atom. The van der Waals surface area contributed by atoms with Gasteiger partial charge in [0.25, 0.3) is 0 Å². The zero-order chi connectivity index (χ0) is 15.1. The number of H-pyrrole nitrogens is 1. The molecule has 1 unspecified atom stereocenters. The fourth-order valence-electron chi connectivity index (χ4n) is 1.85. The maximum atomic E-state index is 12.9. The van der Waals surface area contributed by atoms with E-state index >= 15 is 0 Å². The van der Waals surface area contributed by atoms with Crippen LogP contribution < -0.4 is 0 Å². The molecule has 0 bridgehead atoms. The zero-order valence-corrected chi connectivity index (χ0v) is 12.6. The van der Waals surface area contributed by atoms with Crippen molar-refractivity contribution in [2.45, 2.75) is 44.2 Å². The maximum Gasteiger partial charge on any atom is 0.435 e. The molecular weight excluding hydrogens is 315 g/mol. The van der Waals surface area contributed by atoms with Crippen LogP contribution in [0.5, 0.6) is 0 Å². The highest BCUT2D eigenvalue weighted by Gasteiger charge is 2.40. The Kier molecular flexibility index (Phi) is 3.98. The number of rotatable bonds is 2. The minimum absolute atomic E-state index is 0.0587. The van der Waals surface area contributed by atoms with Crippen LogP contribution in [0.25, 0.3) is 0 Å². The van der Waals surface area contributed by atoms with Crippen LogP contribution in [0.2, 0.25) is 5.15 Å². The SMILES string of the molecule is CC(SC1=NOC(C)(C)C1)c1c(C(F)(F)F)n[nH]c1Cl. The number of thioether (sulfide) groups is 1. The molecule has 0 spiro atoms. The molecule has 20 heavy (non-hydrogen) atoms. The standard InChI is InChI=1S/C11H13ClF3N3OS/c1-5(20-6-4-10(2,3)19-18-6)7-8(11(13,14)15)16-17-9(7)12/h5H,4H2,1-3H3,(H,16,17). The number of aromatic nitrogens is 2. The number of aromatic amines is 1. The van der Waals surface area contributed by atoms with Crippen molar-refractivity contribution in [1.29, 1.82) is 0 Å². The highest BCUT2D eigenvalue weighted by molar-refractivity contribution is 8.14. The molecule has 1 N–H and O–H groups in total. The molecule has 0 aromatic carbocycles. The van der Waals surface area contributed by atoms with E-state index in [-0.39, 0.29) is 10.7 Å². The van der Waals surface area contributed by atoms with Crippen LogP contribution in [0.15, 0.2) is 5.16 Å². The topological polar surface area (TPSA) is 50.3 Å². The van der Waals surface area contributed by atoms with Crippen molar-refractivity contribution in [1.82, 2.24) is 10.2 Å². The van der Waals surface area contributed by atoms with Crippen LogP contribution in [-0.2, 0) is 11.0 Å². The number of oxime groups is 1. The van der Waals surface area contributed by atoms with Gasteiger partial charge in [-0.1, -0.05) is 28.5 Å². The minimum Gasteiger partial charge on any atom is -0.389 e. The fourth-order valence-corrected chi connectivity index (χ4v) is 3.47. The van der Waals surface area contributed by atoms with E-state index in [1.807, 2.05) is 13.8 Å². The van der Waals surface area contributed by atoms with Gasteiger partial charge in [-0.15, -0.1) is 0 Å². The van der Waals surface area contributed by atoms with Crippen molar-refractivity contribution in [3.8, 4) is 0 Å². The number of nitrogens with zero attached hydrogens (tertiary/aromatic N) is 2. The summed E-state index contributed by atoms with van der Waals surface area (Å²) in [6.45, 7) is 5.35. The highest BCUT2D eigenvalue weighted by Crippen LogP contribution is 2.43. The summed E-state index contributed by atoms with van der Waals surface area (Å²) in [6, 6.07) is 0. The number of nitrogens with one attached hydrogen (secondary N) is 1. The van der Waals surface area contributed by atoms with Crippen LogP contribution in [0.4, 0.5) is 13.2 Å². The Labute approximate surface area is 123 Å². The third kappa shape index (κ3) is 3.22. The summed E-state index contributed by atoms with van der Waals surface area (Å²) in [5.74, 6) is 0. The lowest BCUT2D eigenvalue weighted by Crippen LogP contribution is -2.18. The zero-order valence-electron chi connectivity index (χ0n) is 11.0. The lowest BCUT2D eigenvalue weighted by Gasteiger charge is -2.15. The molecule has 1 aromatic heterocycles. The van der Waals surface area contributed by atoms with E-state index in [4.69, 9.17) is 16.4 Å². The molecule has 2 heterocycles. The van der Waals surface area contributed by atoms with Crippen LogP contribution in [0.1, 0.15) is 43.7 Å². The van der Waals surface area contributed by atoms with Gasteiger partial charge >= 0.3 is 6.18 Å². The predicted octanol–water partition coefficient (Wildman–Crippen LogP) is 4.39. The summed E-state index contributed by atoms with van der Waals surface area (Å²) in [5, 5.41) is 9.32. The summed E-state index contributed by atoms with van der Waals surface area (Å²) in [7, 11) is 0. The number of alkyl halides is 3. The van der Waals surface area contributed by atoms with Gasteiger partial charge in [0.2, 0.25) is 0 Å². The average Bonchev–Trinajstić information content (AvgIpc) is 2.81. The molecule has 1 aromatic rings. The monoisotopic (exact) mass is 327 g/mol. The van der Waals surface area contributed by atoms with Crippen LogP contribution in [0.3, 0.4) is 0 Å². The Morgan fingerprint density at radius 2 is 2.10 bits per heavy atom. The van der Waals surface area contributed by atoms with E-state index < -0.39 is 22.7 Å². The van der Waals surface area contributed by atoms with Gasteiger partial charge in [-0.05, 0) is 20.8 Å². The summed E-state index contributed by atoms with van der Waals surface area (Å²) >= 11 is 6.98. The van der Waals surface area contributed by atoms with Crippen LogP contribution in [-0.4, -0.2) is 20.8 Å². The summed E-state index contributed by atoms with van der Waals surface area (Å²) in [6.07, 6.45) is -3.99. The Morgan fingerprint density at radius 3 is 2.60 bits per heavy atom. The van der Waals surface area contributed by atoms with E-state index in [9.17, 15) is 13.2 Å². The fraction of sp³-hybridized carbons (Fsp3) is 0.636. The van der Waals surface area contributed by atoms with Crippen molar-refractivity contribution < 1.29 is 18.0 Å². The summed E-state index contributed by atoms with van der Waals surface area (Å²) < 4.78 is 38.6. The molecule has 0 amide bonds. The van der Waals surface area contributed by atoms with Crippen LogP contribution >= 0.6 is 23.4 Å². The number of halogens is 4. The maximum absolute atomic E-state index is 12.9. The predicted molar refractivity (Wildman–Crippen MR) is 71.8 cm³/mol. The molecule has 2 rings (SSSR count). The largest absolute Gasteiger partial charge is 0.435 e. The van der Waals surface area contributed by atoms with E-state index in [2.05, 4.69) is 15.4 Å². The smallest absolute Gasteiger partial charge is 0.389 e. The first-order chi connectivity index (χ1) is 9.10. The second kappa shape index (κ2) is 5.14. The normalized spacial score (nSPS) is 19.6. The lowest BCUT2D eigenvalue weighted by atomic mass is 10.1. The van der Waals surface area contributed by atoms with E-state index in [0.29, 0.717) is 11.5 Å². The third-order valence-electron chi connectivity index (χ3n) is 2.72. The molecule has 0 saturated carbocycles. The first-order valence-electron chi connectivity index (χ1n) is 5.83. The second-order valence-electron chi connectivity index (χ2n) is 5.07. The summed E-state index contributed by atoms with van der Waals surface area (Å²) in [4.78, 5) is 5.19. The van der Waals surface area contributed by atoms with Crippen molar-refractivity contribution >= 4 is 28.4 Å². The third-order valence-corrected chi connectivity index (χ3v) is 4.09. The molecule has 1 aliphatic rings. The van der Waals surface area contributed by atoms with Gasteiger partial charge in [-0.25, -0.2) is 0 Å². The highest BCUT2D eigenvalue weighted by atomic mass is 35.5. The van der Waals surface area contributed by atoms with E-state index in [1.54, 1.807) is 6.92 Å². The molecule has 1 aliphatic heterocycles. The van der Waals surface area contributed by atoms with Crippen molar-refractivity contribution in [2.24, 2.45) is 5.16 Å². The molecule has 4 nitrogen and oxygen atoms in total. The van der Waals surface area contributed by atoms with Gasteiger partial charge in [0.1, 0.15) is 15.8 Å². The van der Waals surface area contributed by atoms with Gasteiger partial charge < -0.3 is 4.84 Å². The number of hydrogen-bond acceptors (Lipinski definition) is 4. The first kappa shape index (κ1) is 15.5. The molecule has 0 radical (unpaired) electrons. The second-order valence-corrected chi connectivity index (χ2v) is 6.86. The Bertz CT molecular complexity index is 542. The Balaban J connectivity index is 2.18. The van der Waals surface area contributed by atoms with Gasteiger partial charge in [-0.3, -0.25) is 5.10 Å². The van der Waals surface area contributed by atoms with Crippen LogP contribution in [0, 0.1) is 0 Å². The lowest BCUT2D eigenvalue weighted by molar-refractivity contribution is -0.141. The molecule has 9 heteroatoms. The Hall–Kier alpha value is -0.890. The molecule has 1 atom stereocenters. The quantitative estimate of drug-likeness (QED) is 0.876. The molecule has 0 saturated heterocycles. The van der Waals surface area contributed by atoms with E-state index in [0.717, 1.165) is 0 Å². The van der Waals surface area contributed by atoms with Gasteiger partial charge in [-0.2, -0.15) is 18.3 Å². The average molecular weight is 328 g/mol. The molecular formula is C11H13ClF3N3OS.